The van der Waals surface area contributed by atoms with Crippen LogP contribution in [0.1, 0.15) is 20.3 Å². The smallest absolute Gasteiger partial charge is 0.0173 e. The molecular formula is C11H14. The lowest BCUT2D eigenvalue weighted by molar-refractivity contribution is 1.15. The Hall–Kier alpha value is -1.22. The molecule has 0 spiro atoms. The first-order valence-corrected chi connectivity index (χ1v) is 3.73. The molecule has 0 fully saturated rings. The Balaban J connectivity index is 4.38. The SMILES string of the molecule is C#CC(=C)/C=C(\C=C/C)CC. The van der Waals surface area contributed by atoms with E-state index in [2.05, 4.69) is 19.4 Å². The van der Waals surface area contributed by atoms with E-state index in [0.717, 1.165) is 12.0 Å². The van der Waals surface area contributed by atoms with Crippen molar-refractivity contribution in [2.75, 3.05) is 0 Å². The van der Waals surface area contributed by atoms with Crippen LogP contribution in [0.5, 0.6) is 0 Å². The van der Waals surface area contributed by atoms with Crippen LogP contribution in [0.25, 0.3) is 0 Å². The van der Waals surface area contributed by atoms with E-state index in [9.17, 15) is 0 Å². The van der Waals surface area contributed by atoms with Gasteiger partial charge in [-0.3, -0.25) is 0 Å². The fraction of sp³-hybridized carbons (Fsp3) is 0.273. The first-order valence-electron chi connectivity index (χ1n) is 3.73. The minimum Gasteiger partial charge on any atom is -0.115 e. The minimum atomic E-state index is 0.736. The monoisotopic (exact) mass is 146 g/mol. The van der Waals surface area contributed by atoms with Gasteiger partial charge >= 0.3 is 0 Å². The molecule has 0 heterocycles. The standard InChI is InChI=1S/C11H14/c1-5-8-11(7-3)9-10(4)6-2/h2,5,8-9H,4,7H2,1,3H3/b8-5-,11-9-. The molecule has 0 nitrogen and oxygen atoms in total. The minimum absolute atomic E-state index is 0.736. The third-order valence-electron chi connectivity index (χ3n) is 1.33. The fourth-order valence-electron chi connectivity index (χ4n) is 0.748. The van der Waals surface area contributed by atoms with Gasteiger partial charge in [-0.25, -0.2) is 0 Å². The lowest BCUT2D eigenvalue weighted by atomic mass is 10.1. The van der Waals surface area contributed by atoms with E-state index in [1.807, 2.05) is 25.2 Å². The van der Waals surface area contributed by atoms with Crippen LogP contribution in [0, 0.1) is 12.3 Å². The molecule has 0 atom stereocenters. The zero-order valence-electron chi connectivity index (χ0n) is 7.22. The average Bonchev–Trinajstić information content (AvgIpc) is 2.03. The van der Waals surface area contributed by atoms with Gasteiger partial charge in [0.05, 0.1) is 0 Å². The third kappa shape index (κ3) is 4.22. The van der Waals surface area contributed by atoms with Crippen LogP contribution in [0.4, 0.5) is 0 Å². The molecule has 0 aliphatic carbocycles. The maximum atomic E-state index is 5.15. The molecule has 0 rings (SSSR count). The lowest BCUT2D eigenvalue weighted by Crippen LogP contribution is -1.76. The van der Waals surface area contributed by atoms with Gasteiger partial charge in [-0.1, -0.05) is 31.6 Å². The molecule has 0 heteroatoms. The van der Waals surface area contributed by atoms with Crippen LogP contribution in [0.15, 0.2) is 36.0 Å². The van der Waals surface area contributed by atoms with Crippen molar-refractivity contribution >= 4 is 0 Å². The topological polar surface area (TPSA) is 0 Å². The van der Waals surface area contributed by atoms with Crippen LogP contribution >= 0.6 is 0 Å². The van der Waals surface area contributed by atoms with Crippen molar-refractivity contribution in [1.82, 2.24) is 0 Å². The van der Waals surface area contributed by atoms with Crippen LogP contribution in [0.3, 0.4) is 0 Å². The number of hydrogen-bond donors (Lipinski definition) is 0. The summed E-state index contributed by atoms with van der Waals surface area (Å²) < 4.78 is 0. The summed E-state index contributed by atoms with van der Waals surface area (Å²) in [7, 11) is 0. The van der Waals surface area contributed by atoms with Gasteiger partial charge in [0.1, 0.15) is 0 Å². The summed E-state index contributed by atoms with van der Waals surface area (Å²) in [4.78, 5) is 0. The molecule has 0 amide bonds. The van der Waals surface area contributed by atoms with Gasteiger partial charge in [-0.05, 0) is 25.0 Å². The van der Waals surface area contributed by atoms with Gasteiger partial charge in [-0.2, -0.15) is 0 Å². The Morgan fingerprint density at radius 2 is 2.27 bits per heavy atom. The molecule has 0 aliphatic rings. The van der Waals surface area contributed by atoms with Crippen molar-refractivity contribution in [1.29, 1.82) is 0 Å². The van der Waals surface area contributed by atoms with Gasteiger partial charge in [0.2, 0.25) is 0 Å². The van der Waals surface area contributed by atoms with Crippen molar-refractivity contribution in [3.05, 3.63) is 36.0 Å². The van der Waals surface area contributed by atoms with Crippen molar-refractivity contribution in [3.8, 4) is 12.3 Å². The highest BCUT2D eigenvalue weighted by atomic mass is 13.9. The molecule has 0 aromatic carbocycles. The highest BCUT2D eigenvalue weighted by Crippen LogP contribution is 2.05. The van der Waals surface area contributed by atoms with E-state index in [1.54, 1.807) is 0 Å². The first-order chi connectivity index (χ1) is 5.24. The van der Waals surface area contributed by atoms with E-state index in [4.69, 9.17) is 6.42 Å². The third-order valence-corrected chi connectivity index (χ3v) is 1.33. The highest BCUT2D eigenvalue weighted by Gasteiger charge is 1.87. The summed E-state index contributed by atoms with van der Waals surface area (Å²) in [6.45, 7) is 7.78. The molecule has 0 saturated heterocycles. The number of rotatable bonds is 3. The zero-order chi connectivity index (χ0) is 8.69. The predicted molar refractivity (Wildman–Crippen MR) is 51.2 cm³/mol. The highest BCUT2D eigenvalue weighted by molar-refractivity contribution is 5.38. The summed E-state index contributed by atoms with van der Waals surface area (Å²) in [5.41, 5.74) is 1.95. The molecular weight excluding hydrogens is 132 g/mol. The van der Waals surface area contributed by atoms with Crippen LogP contribution < -0.4 is 0 Å². The first kappa shape index (κ1) is 9.78. The van der Waals surface area contributed by atoms with E-state index in [-0.39, 0.29) is 0 Å². The van der Waals surface area contributed by atoms with Gasteiger partial charge in [0.15, 0.2) is 0 Å². The number of hydrogen-bond acceptors (Lipinski definition) is 0. The maximum absolute atomic E-state index is 5.15. The number of terminal acetylenes is 1. The van der Waals surface area contributed by atoms with Gasteiger partial charge < -0.3 is 0 Å². The molecule has 0 radical (unpaired) electrons. The average molecular weight is 146 g/mol. The van der Waals surface area contributed by atoms with Crippen molar-refractivity contribution in [2.24, 2.45) is 0 Å². The molecule has 0 unspecified atom stereocenters. The Labute approximate surface area is 69.3 Å². The molecule has 11 heavy (non-hydrogen) atoms. The predicted octanol–water partition coefficient (Wildman–Crippen LogP) is 3.09. The summed E-state index contributed by atoms with van der Waals surface area (Å²) in [6.07, 6.45) is 12.1. The zero-order valence-corrected chi connectivity index (χ0v) is 7.22. The van der Waals surface area contributed by atoms with Crippen molar-refractivity contribution < 1.29 is 0 Å². The van der Waals surface area contributed by atoms with Crippen LogP contribution in [-0.4, -0.2) is 0 Å². The van der Waals surface area contributed by atoms with Crippen molar-refractivity contribution in [2.45, 2.75) is 20.3 Å². The van der Waals surface area contributed by atoms with Crippen LogP contribution in [0.2, 0.25) is 0 Å². The summed E-state index contributed by atoms with van der Waals surface area (Å²) in [6, 6.07) is 0. The molecule has 0 N–H and O–H groups in total. The van der Waals surface area contributed by atoms with Crippen LogP contribution in [-0.2, 0) is 0 Å². The molecule has 0 aromatic rings. The Bertz CT molecular complexity index is 221. The summed E-state index contributed by atoms with van der Waals surface area (Å²) in [5, 5.41) is 0. The van der Waals surface area contributed by atoms with Gasteiger partial charge in [-0.15, -0.1) is 6.42 Å². The second kappa shape index (κ2) is 5.56. The summed E-state index contributed by atoms with van der Waals surface area (Å²) in [5.74, 6) is 2.48. The lowest BCUT2D eigenvalue weighted by Gasteiger charge is -1.94. The van der Waals surface area contributed by atoms with Crippen molar-refractivity contribution in [3.63, 3.8) is 0 Å². The quantitative estimate of drug-likeness (QED) is 0.424. The van der Waals surface area contributed by atoms with Gasteiger partial charge in [0.25, 0.3) is 0 Å². The molecule has 0 aromatic heterocycles. The Morgan fingerprint density at radius 3 is 2.64 bits per heavy atom. The van der Waals surface area contributed by atoms with E-state index >= 15 is 0 Å². The molecule has 0 aliphatic heterocycles. The van der Waals surface area contributed by atoms with E-state index in [0.29, 0.717) is 0 Å². The van der Waals surface area contributed by atoms with E-state index < -0.39 is 0 Å². The second-order valence-electron chi connectivity index (χ2n) is 2.24. The largest absolute Gasteiger partial charge is 0.115 e. The summed E-state index contributed by atoms with van der Waals surface area (Å²) >= 11 is 0. The molecule has 58 valence electrons. The van der Waals surface area contributed by atoms with Gasteiger partial charge in [0, 0.05) is 5.57 Å². The number of allylic oxidation sites excluding steroid dienone is 5. The second-order valence-corrected chi connectivity index (χ2v) is 2.24. The Morgan fingerprint density at radius 1 is 1.64 bits per heavy atom. The van der Waals surface area contributed by atoms with E-state index in [1.165, 1.54) is 5.57 Å². The Kier molecular flexibility index (Phi) is 4.94. The normalized spacial score (nSPS) is 11.5. The molecule has 0 saturated carbocycles. The fourth-order valence-corrected chi connectivity index (χ4v) is 0.748. The maximum Gasteiger partial charge on any atom is 0.0173 e. The molecule has 0 bridgehead atoms.